The van der Waals surface area contributed by atoms with Gasteiger partial charge in [0.05, 0.1) is 0 Å². The van der Waals surface area contributed by atoms with Crippen LogP contribution in [0.1, 0.15) is 18.1 Å². The molecule has 0 aliphatic heterocycles. The third-order valence-electron chi connectivity index (χ3n) is 2.34. The Morgan fingerprint density at radius 1 is 1.36 bits per heavy atom. The zero-order valence-corrected chi connectivity index (χ0v) is 10.5. The molecule has 0 aromatic heterocycles. The van der Waals surface area contributed by atoms with Crippen molar-refractivity contribution in [1.82, 2.24) is 4.90 Å². The zero-order valence-electron chi connectivity index (χ0n) is 8.96. The molecule has 0 bridgehead atoms. The van der Waals surface area contributed by atoms with E-state index in [-0.39, 0.29) is 0 Å². The zero-order chi connectivity index (χ0) is 10.4. The van der Waals surface area contributed by atoms with Gasteiger partial charge in [-0.2, -0.15) is 0 Å². The van der Waals surface area contributed by atoms with Crippen LogP contribution >= 0.6 is 15.9 Å². The minimum absolute atomic E-state index is 1.05. The molecule has 0 spiro atoms. The van der Waals surface area contributed by atoms with E-state index in [0.717, 1.165) is 25.0 Å². The number of nitrogens with zero attached hydrogens (tertiary/aromatic N) is 1. The topological polar surface area (TPSA) is 3.24 Å². The van der Waals surface area contributed by atoms with E-state index in [9.17, 15) is 0 Å². The third kappa shape index (κ3) is 3.81. The highest BCUT2D eigenvalue weighted by molar-refractivity contribution is 9.09. The number of alkyl halides is 1. The molecule has 0 aliphatic carbocycles. The Morgan fingerprint density at radius 2 is 2.14 bits per heavy atom. The van der Waals surface area contributed by atoms with E-state index in [1.54, 1.807) is 0 Å². The largest absolute Gasteiger partial charge is 0.299 e. The van der Waals surface area contributed by atoms with Crippen LogP contribution in [0.25, 0.3) is 0 Å². The van der Waals surface area contributed by atoms with Crippen LogP contribution in [-0.4, -0.2) is 23.3 Å². The van der Waals surface area contributed by atoms with Gasteiger partial charge in [0.1, 0.15) is 0 Å². The van der Waals surface area contributed by atoms with Crippen LogP contribution in [-0.2, 0) is 6.54 Å². The highest BCUT2D eigenvalue weighted by Gasteiger charge is 2.02. The van der Waals surface area contributed by atoms with E-state index >= 15 is 0 Å². The van der Waals surface area contributed by atoms with E-state index in [1.807, 2.05) is 0 Å². The van der Waals surface area contributed by atoms with Gasteiger partial charge in [0.2, 0.25) is 0 Å². The fourth-order valence-electron chi connectivity index (χ4n) is 1.54. The average molecular weight is 256 g/mol. The Bertz CT molecular complexity index is 273. The summed E-state index contributed by atoms with van der Waals surface area (Å²) in [4.78, 5) is 2.43. The number of rotatable bonds is 5. The van der Waals surface area contributed by atoms with Crippen molar-refractivity contribution in [2.24, 2.45) is 0 Å². The van der Waals surface area contributed by atoms with Gasteiger partial charge in [0.25, 0.3) is 0 Å². The molecule has 0 aliphatic rings. The second kappa shape index (κ2) is 6.20. The first kappa shape index (κ1) is 11.7. The van der Waals surface area contributed by atoms with Crippen molar-refractivity contribution < 1.29 is 0 Å². The monoisotopic (exact) mass is 255 g/mol. The van der Waals surface area contributed by atoms with E-state index in [4.69, 9.17) is 0 Å². The fourth-order valence-corrected chi connectivity index (χ4v) is 2.04. The summed E-state index contributed by atoms with van der Waals surface area (Å²) in [7, 11) is 0. The van der Waals surface area contributed by atoms with Crippen molar-refractivity contribution in [3.63, 3.8) is 0 Å². The molecule has 0 amide bonds. The first-order valence-corrected chi connectivity index (χ1v) is 6.22. The molecule has 0 N–H and O–H groups in total. The molecule has 1 aromatic rings. The molecule has 1 aromatic carbocycles. The minimum Gasteiger partial charge on any atom is -0.299 e. The third-order valence-corrected chi connectivity index (χ3v) is 2.69. The summed E-state index contributed by atoms with van der Waals surface area (Å²) in [5.74, 6) is 0. The highest BCUT2D eigenvalue weighted by Crippen LogP contribution is 2.07. The molecule has 1 rings (SSSR count). The molecule has 0 radical (unpaired) electrons. The maximum absolute atomic E-state index is 3.48. The summed E-state index contributed by atoms with van der Waals surface area (Å²) in [6.45, 7) is 7.64. The summed E-state index contributed by atoms with van der Waals surface area (Å²) in [5, 5.41) is 1.05. The molecule has 0 unspecified atom stereocenters. The lowest BCUT2D eigenvalue weighted by Crippen LogP contribution is -2.24. The number of hydrogen-bond donors (Lipinski definition) is 0. The summed E-state index contributed by atoms with van der Waals surface area (Å²) >= 11 is 3.48. The second-order valence-corrected chi connectivity index (χ2v) is 4.34. The van der Waals surface area contributed by atoms with Crippen molar-refractivity contribution in [2.45, 2.75) is 20.4 Å². The van der Waals surface area contributed by atoms with Crippen molar-refractivity contribution in [2.75, 3.05) is 18.4 Å². The van der Waals surface area contributed by atoms with E-state index < -0.39 is 0 Å². The number of hydrogen-bond acceptors (Lipinski definition) is 1. The van der Waals surface area contributed by atoms with Crippen LogP contribution in [0.15, 0.2) is 24.3 Å². The molecule has 1 nitrogen and oxygen atoms in total. The molecule has 2 heteroatoms. The summed E-state index contributed by atoms with van der Waals surface area (Å²) in [5.41, 5.74) is 2.75. The maximum atomic E-state index is 3.48. The van der Waals surface area contributed by atoms with Gasteiger partial charge in [-0.3, -0.25) is 4.90 Å². The molecule has 0 heterocycles. The Labute approximate surface area is 95.2 Å². The lowest BCUT2D eigenvalue weighted by Gasteiger charge is -2.19. The fraction of sp³-hybridized carbons (Fsp3) is 0.500. The SMILES string of the molecule is CCN(CCBr)Cc1cccc(C)c1. The number of aryl methyl sites for hydroxylation is 1. The van der Waals surface area contributed by atoms with Gasteiger partial charge < -0.3 is 0 Å². The smallest absolute Gasteiger partial charge is 0.0234 e. The van der Waals surface area contributed by atoms with Crippen molar-refractivity contribution >= 4 is 15.9 Å². The molecular formula is C12H18BrN. The second-order valence-electron chi connectivity index (χ2n) is 3.55. The van der Waals surface area contributed by atoms with Gasteiger partial charge in [0.15, 0.2) is 0 Å². The molecule has 14 heavy (non-hydrogen) atoms. The number of halogens is 1. The summed E-state index contributed by atoms with van der Waals surface area (Å²) in [6, 6.07) is 8.73. The molecule has 0 saturated heterocycles. The van der Waals surface area contributed by atoms with Gasteiger partial charge in [-0.1, -0.05) is 52.7 Å². The van der Waals surface area contributed by atoms with Crippen LogP contribution in [0.2, 0.25) is 0 Å². The van der Waals surface area contributed by atoms with Crippen molar-refractivity contribution in [3.05, 3.63) is 35.4 Å². The van der Waals surface area contributed by atoms with E-state index in [0.29, 0.717) is 0 Å². The summed E-state index contributed by atoms with van der Waals surface area (Å²) < 4.78 is 0. The van der Waals surface area contributed by atoms with Gasteiger partial charge >= 0.3 is 0 Å². The number of benzene rings is 1. The lowest BCUT2D eigenvalue weighted by atomic mass is 10.1. The maximum Gasteiger partial charge on any atom is 0.0234 e. The quantitative estimate of drug-likeness (QED) is 0.731. The first-order chi connectivity index (χ1) is 6.76. The molecule has 0 atom stereocenters. The normalized spacial score (nSPS) is 10.9. The average Bonchev–Trinajstić information content (AvgIpc) is 2.17. The summed E-state index contributed by atoms with van der Waals surface area (Å²) in [6.07, 6.45) is 0. The van der Waals surface area contributed by atoms with Crippen LogP contribution < -0.4 is 0 Å². The van der Waals surface area contributed by atoms with Gasteiger partial charge in [0, 0.05) is 18.4 Å². The van der Waals surface area contributed by atoms with Crippen LogP contribution in [0.5, 0.6) is 0 Å². The molecule has 0 saturated carbocycles. The highest BCUT2D eigenvalue weighted by atomic mass is 79.9. The van der Waals surface area contributed by atoms with Crippen LogP contribution in [0.4, 0.5) is 0 Å². The Morgan fingerprint density at radius 3 is 2.71 bits per heavy atom. The van der Waals surface area contributed by atoms with Gasteiger partial charge in [-0.15, -0.1) is 0 Å². The van der Waals surface area contributed by atoms with Crippen LogP contribution in [0, 0.1) is 6.92 Å². The van der Waals surface area contributed by atoms with E-state index in [2.05, 4.69) is 58.9 Å². The predicted molar refractivity (Wildman–Crippen MR) is 65.9 cm³/mol. The predicted octanol–water partition coefficient (Wildman–Crippen LogP) is 3.21. The Hall–Kier alpha value is -0.340. The first-order valence-electron chi connectivity index (χ1n) is 5.10. The Kier molecular flexibility index (Phi) is 5.20. The van der Waals surface area contributed by atoms with Crippen molar-refractivity contribution in [3.8, 4) is 0 Å². The molecule has 0 fully saturated rings. The van der Waals surface area contributed by atoms with E-state index in [1.165, 1.54) is 11.1 Å². The molecule has 78 valence electrons. The van der Waals surface area contributed by atoms with Crippen LogP contribution in [0.3, 0.4) is 0 Å². The Balaban J connectivity index is 2.57. The van der Waals surface area contributed by atoms with Gasteiger partial charge in [-0.05, 0) is 19.0 Å². The minimum atomic E-state index is 1.05. The lowest BCUT2D eigenvalue weighted by molar-refractivity contribution is 0.299. The molecular weight excluding hydrogens is 238 g/mol. The standard InChI is InChI=1S/C12H18BrN/c1-3-14(8-7-13)10-12-6-4-5-11(2)9-12/h4-6,9H,3,7-8,10H2,1-2H3. The van der Waals surface area contributed by atoms with Gasteiger partial charge in [-0.25, -0.2) is 0 Å². The van der Waals surface area contributed by atoms with Crippen molar-refractivity contribution in [1.29, 1.82) is 0 Å².